The Morgan fingerprint density at radius 1 is 1.28 bits per heavy atom. The molecule has 25 heavy (non-hydrogen) atoms. The van der Waals surface area contributed by atoms with Crippen molar-refractivity contribution in [2.45, 2.75) is 4.90 Å². The number of nitriles is 1. The van der Waals surface area contributed by atoms with Crippen LogP contribution in [0.15, 0.2) is 52.3 Å². The quantitative estimate of drug-likeness (QED) is 0.453. The summed E-state index contributed by atoms with van der Waals surface area (Å²) in [5.41, 5.74) is -0.792. The number of hydrogen-bond acceptors (Lipinski definition) is 7. The monoisotopic (exact) mass is 359 g/mol. The van der Waals surface area contributed by atoms with Gasteiger partial charge in [0.25, 0.3) is 5.69 Å². The molecular formula is C16H11N2O6S-. The maximum atomic E-state index is 12.5. The van der Waals surface area contributed by atoms with Crippen molar-refractivity contribution in [3.05, 3.63) is 63.0 Å². The predicted octanol–water partition coefficient (Wildman–Crippen LogP) is 2.02. The predicted molar refractivity (Wildman–Crippen MR) is 86.3 cm³/mol. The zero-order chi connectivity index (χ0) is 18.6. The first-order valence-corrected chi connectivity index (χ1v) is 8.25. The Hall–Kier alpha value is -3.38. The zero-order valence-electron chi connectivity index (χ0n) is 12.9. The summed E-state index contributed by atoms with van der Waals surface area (Å²) in [5, 5.41) is 32.0. The largest absolute Gasteiger partial charge is 0.865 e. The van der Waals surface area contributed by atoms with Crippen LogP contribution in [0.25, 0.3) is 6.08 Å². The zero-order valence-corrected chi connectivity index (χ0v) is 13.7. The summed E-state index contributed by atoms with van der Waals surface area (Å²) in [6, 6.07) is 10.9. The Morgan fingerprint density at radius 2 is 1.92 bits per heavy atom. The molecule has 2 rings (SSSR count). The van der Waals surface area contributed by atoms with Crippen LogP contribution in [0.2, 0.25) is 0 Å². The van der Waals surface area contributed by atoms with Crippen LogP contribution in [0.4, 0.5) is 5.69 Å². The lowest BCUT2D eigenvalue weighted by Gasteiger charge is -2.13. The van der Waals surface area contributed by atoms with Crippen molar-refractivity contribution >= 4 is 21.6 Å². The molecule has 0 heterocycles. The number of nitro groups is 1. The third kappa shape index (κ3) is 3.59. The highest BCUT2D eigenvalue weighted by molar-refractivity contribution is 7.95. The second-order valence-electron chi connectivity index (χ2n) is 4.77. The number of benzene rings is 2. The number of sulfone groups is 1. The molecule has 0 saturated heterocycles. The first kappa shape index (κ1) is 18.0. The summed E-state index contributed by atoms with van der Waals surface area (Å²) in [4.78, 5) is 9.35. The number of ether oxygens (including phenoxy) is 1. The van der Waals surface area contributed by atoms with E-state index in [0.29, 0.717) is 0 Å². The highest BCUT2D eigenvalue weighted by Gasteiger charge is 2.21. The van der Waals surface area contributed by atoms with Gasteiger partial charge in [-0.1, -0.05) is 18.2 Å². The van der Waals surface area contributed by atoms with Gasteiger partial charge in [0.2, 0.25) is 9.84 Å². The molecule has 2 aromatic carbocycles. The lowest BCUT2D eigenvalue weighted by atomic mass is 10.1. The third-order valence-electron chi connectivity index (χ3n) is 3.23. The van der Waals surface area contributed by atoms with Crippen molar-refractivity contribution in [1.82, 2.24) is 0 Å². The second-order valence-corrected chi connectivity index (χ2v) is 6.68. The average molecular weight is 359 g/mol. The van der Waals surface area contributed by atoms with E-state index in [1.54, 1.807) is 12.1 Å². The van der Waals surface area contributed by atoms with Gasteiger partial charge in [-0.2, -0.15) is 5.26 Å². The summed E-state index contributed by atoms with van der Waals surface area (Å²) >= 11 is 0. The smallest absolute Gasteiger partial charge is 0.266 e. The Balaban J connectivity index is 2.64. The number of nitrogens with zero attached hydrogens (tertiary/aromatic N) is 2. The van der Waals surface area contributed by atoms with E-state index < -0.39 is 31.1 Å². The molecule has 0 aliphatic heterocycles. The van der Waals surface area contributed by atoms with Crippen LogP contribution < -0.4 is 9.84 Å². The topological polar surface area (TPSA) is 133 Å². The molecule has 0 aliphatic rings. The van der Waals surface area contributed by atoms with Gasteiger partial charge in [-0.15, -0.1) is 0 Å². The average Bonchev–Trinajstić information content (AvgIpc) is 2.60. The van der Waals surface area contributed by atoms with Gasteiger partial charge in [0, 0.05) is 11.8 Å². The van der Waals surface area contributed by atoms with Gasteiger partial charge in [-0.05, 0) is 29.8 Å². The Bertz CT molecular complexity index is 991. The minimum Gasteiger partial charge on any atom is -0.865 e. The van der Waals surface area contributed by atoms with Crippen LogP contribution in [0, 0.1) is 21.4 Å². The van der Waals surface area contributed by atoms with Gasteiger partial charge in [0.1, 0.15) is 16.7 Å². The Morgan fingerprint density at radius 3 is 2.44 bits per heavy atom. The molecule has 0 atom stereocenters. The first-order chi connectivity index (χ1) is 11.8. The number of nitro benzene ring substituents is 1. The fourth-order valence-corrected chi connectivity index (χ4v) is 3.21. The van der Waals surface area contributed by atoms with E-state index in [0.717, 1.165) is 25.3 Å². The number of hydrogen-bond donors (Lipinski definition) is 0. The molecule has 9 heteroatoms. The van der Waals surface area contributed by atoms with E-state index >= 15 is 0 Å². The van der Waals surface area contributed by atoms with Gasteiger partial charge in [0.05, 0.1) is 16.9 Å². The molecule has 8 nitrogen and oxygen atoms in total. The third-order valence-corrected chi connectivity index (χ3v) is 4.91. The van der Waals surface area contributed by atoms with Crippen molar-refractivity contribution in [1.29, 1.82) is 5.26 Å². The number of rotatable bonds is 5. The molecule has 0 bridgehead atoms. The molecule has 0 radical (unpaired) electrons. The van der Waals surface area contributed by atoms with Crippen LogP contribution in [0.1, 0.15) is 5.56 Å². The van der Waals surface area contributed by atoms with E-state index in [1.165, 1.54) is 24.3 Å². The molecule has 0 aromatic heterocycles. The fourth-order valence-electron chi connectivity index (χ4n) is 2.03. The van der Waals surface area contributed by atoms with E-state index in [2.05, 4.69) is 0 Å². The Kier molecular flexibility index (Phi) is 5.05. The molecule has 0 saturated carbocycles. The van der Waals surface area contributed by atoms with Crippen LogP contribution in [0.3, 0.4) is 0 Å². The number of methoxy groups -OCH3 is 1. The first-order valence-electron chi connectivity index (χ1n) is 6.76. The maximum absolute atomic E-state index is 12.5. The molecule has 0 N–H and O–H groups in total. The maximum Gasteiger partial charge on any atom is 0.266 e. The van der Waals surface area contributed by atoms with Gasteiger partial charge in [0.15, 0.2) is 0 Å². The van der Waals surface area contributed by atoms with Crippen molar-refractivity contribution < 1.29 is 23.2 Å². The molecule has 0 amide bonds. The minimum absolute atomic E-state index is 0.0146. The van der Waals surface area contributed by atoms with Gasteiger partial charge < -0.3 is 9.84 Å². The summed E-state index contributed by atoms with van der Waals surface area (Å²) < 4.78 is 29.8. The molecular weight excluding hydrogens is 348 g/mol. The highest BCUT2D eigenvalue weighted by Crippen LogP contribution is 2.35. The lowest BCUT2D eigenvalue weighted by Crippen LogP contribution is -2.04. The standard InChI is InChI=1S/C16H12N2O6S/c1-24-15-9-11(8-14(16(15)19)18(20)21)7-13(10-17)25(22,23)12-5-3-2-4-6-12/h2-9,19H,1H3/p-1/b13-7+. The van der Waals surface area contributed by atoms with Gasteiger partial charge >= 0.3 is 0 Å². The highest BCUT2D eigenvalue weighted by atomic mass is 32.2. The number of allylic oxidation sites excluding steroid dienone is 1. The molecule has 0 aliphatic carbocycles. The molecule has 0 spiro atoms. The molecule has 0 unspecified atom stereocenters. The summed E-state index contributed by atoms with van der Waals surface area (Å²) in [7, 11) is -2.95. The molecule has 2 aromatic rings. The van der Waals surface area contributed by atoms with Crippen molar-refractivity contribution in [3.63, 3.8) is 0 Å². The van der Waals surface area contributed by atoms with E-state index in [1.807, 2.05) is 0 Å². The van der Waals surface area contributed by atoms with Gasteiger partial charge in [-0.3, -0.25) is 10.1 Å². The molecule has 0 fully saturated rings. The van der Waals surface area contributed by atoms with Crippen molar-refractivity contribution in [2.24, 2.45) is 0 Å². The van der Waals surface area contributed by atoms with E-state index in [-0.39, 0.29) is 16.2 Å². The van der Waals surface area contributed by atoms with Crippen molar-refractivity contribution in [3.8, 4) is 17.6 Å². The SMILES string of the molecule is COc1cc(/C=C(\C#N)S(=O)(=O)c2ccccc2)cc([N+](=O)[O-])c1[O-]. The summed E-state index contributed by atoms with van der Waals surface area (Å²) in [5.74, 6) is -1.26. The van der Waals surface area contributed by atoms with Crippen LogP contribution >= 0.6 is 0 Å². The van der Waals surface area contributed by atoms with E-state index in [4.69, 9.17) is 4.74 Å². The van der Waals surface area contributed by atoms with Crippen molar-refractivity contribution in [2.75, 3.05) is 7.11 Å². The lowest BCUT2D eigenvalue weighted by molar-refractivity contribution is -0.398. The minimum atomic E-state index is -4.10. The normalized spacial score (nSPS) is 11.6. The van der Waals surface area contributed by atoms with Crippen LogP contribution in [-0.2, 0) is 9.84 Å². The summed E-state index contributed by atoms with van der Waals surface area (Å²) in [6.45, 7) is 0. The van der Waals surface area contributed by atoms with Crippen LogP contribution in [-0.4, -0.2) is 20.5 Å². The fraction of sp³-hybridized carbons (Fsp3) is 0.0625. The van der Waals surface area contributed by atoms with E-state index in [9.17, 15) is 28.9 Å². The van der Waals surface area contributed by atoms with Gasteiger partial charge in [-0.25, -0.2) is 8.42 Å². The summed E-state index contributed by atoms with van der Waals surface area (Å²) in [6.07, 6.45) is 0.956. The second kappa shape index (κ2) is 7.02. The Labute approximate surface area is 143 Å². The van der Waals surface area contributed by atoms with Crippen LogP contribution in [0.5, 0.6) is 11.5 Å². The molecule has 128 valence electrons.